The molecule has 3 heterocycles. The Morgan fingerprint density at radius 2 is 1.31 bits per heavy atom. The standard InChI is InChI=1S/C21H20BN3O4/c1-20(2)21(3,4)29-22(28-20)14-10-18-17(9-13(14)19-24-11-23-12-25-19)26-15-7-5-6-8-16(15)27-18/h5-12H,1-4H3. The van der Waals surface area contributed by atoms with Crippen LogP contribution in [0.3, 0.4) is 0 Å². The van der Waals surface area contributed by atoms with Gasteiger partial charge in [-0.2, -0.15) is 0 Å². The lowest BCUT2D eigenvalue weighted by Gasteiger charge is -2.32. The lowest BCUT2D eigenvalue weighted by molar-refractivity contribution is 0.00578. The highest BCUT2D eigenvalue weighted by Crippen LogP contribution is 2.46. The highest BCUT2D eigenvalue weighted by molar-refractivity contribution is 6.64. The van der Waals surface area contributed by atoms with Crippen LogP contribution in [0.2, 0.25) is 0 Å². The van der Waals surface area contributed by atoms with Gasteiger partial charge in [0.2, 0.25) is 0 Å². The molecule has 2 aliphatic rings. The fourth-order valence-electron chi connectivity index (χ4n) is 3.33. The molecule has 3 aromatic rings. The number of rotatable bonds is 2. The molecule has 0 atom stereocenters. The Morgan fingerprint density at radius 1 is 0.759 bits per heavy atom. The van der Waals surface area contributed by atoms with Crippen molar-refractivity contribution in [3.05, 3.63) is 49.1 Å². The molecule has 7 nitrogen and oxygen atoms in total. The van der Waals surface area contributed by atoms with Gasteiger partial charge in [0.15, 0.2) is 28.8 Å². The van der Waals surface area contributed by atoms with Crippen LogP contribution in [0.5, 0.6) is 23.0 Å². The van der Waals surface area contributed by atoms with Crippen molar-refractivity contribution in [3.8, 4) is 34.4 Å². The van der Waals surface area contributed by atoms with Crippen LogP contribution in [0.1, 0.15) is 27.7 Å². The van der Waals surface area contributed by atoms with E-state index < -0.39 is 18.3 Å². The summed E-state index contributed by atoms with van der Waals surface area (Å²) >= 11 is 0. The van der Waals surface area contributed by atoms with E-state index in [1.165, 1.54) is 12.7 Å². The minimum Gasteiger partial charge on any atom is -0.450 e. The first-order valence-corrected chi connectivity index (χ1v) is 9.45. The summed E-state index contributed by atoms with van der Waals surface area (Å²) < 4.78 is 24.7. The Balaban J connectivity index is 1.64. The number of fused-ring (bicyclic) bond motifs is 2. The summed E-state index contributed by atoms with van der Waals surface area (Å²) in [5, 5.41) is 0. The van der Waals surface area contributed by atoms with Gasteiger partial charge in [-0.05, 0) is 57.4 Å². The number of ether oxygens (including phenoxy) is 2. The molecule has 0 saturated carbocycles. The van der Waals surface area contributed by atoms with Crippen molar-refractivity contribution in [1.82, 2.24) is 15.0 Å². The topological polar surface area (TPSA) is 75.6 Å². The normalized spacial score (nSPS) is 18.4. The van der Waals surface area contributed by atoms with Crippen LogP contribution < -0.4 is 14.9 Å². The molecule has 2 aliphatic heterocycles. The molecule has 1 aromatic heterocycles. The van der Waals surface area contributed by atoms with Gasteiger partial charge in [0, 0.05) is 5.56 Å². The van der Waals surface area contributed by atoms with E-state index in [1.54, 1.807) is 0 Å². The van der Waals surface area contributed by atoms with E-state index >= 15 is 0 Å². The van der Waals surface area contributed by atoms with Crippen LogP contribution in [-0.4, -0.2) is 33.3 Å². The van der Waals surface area contributed by atoms with Gasteiger partial charge in [0.1, 0.15) is 12.7 Å². The van der Waals surface area contributed by atoms with Crippen molar-refractivity contribution in [2.75, 3.05) is 0 Å². The molecular weight excluding hydrogens is 369 g/mol. The van der Waals surface area contributed by atoms with Gasteiger partial charge in [-0.1, -0.05) is 12.1 Å². The Labute approximate surface area is 169 Å². The minimum absolute atomic E-state index is 0.478. The Morgan fingerprint density at radius 3 is 1.90 bits per heavy atom. The van der Waals surface area contributed by atoms with Gasteiger partial charge in [-0.25, -0.2) is 15.0 Å². The van der Waals surface area contributed by atoms with Gasteiger partial charge in [0.05, 0.1) is 11.2 Å². The number of hydrogen-bond donors (Lipinski definition) is 0. The van der Waals surface area contributed by atoms with Gasteiger partial charge >= 0.3 is 7.12 Å². The molecule has 2 aromatic carbocycles. The molecular formula is C21H20BN3O4. The summed E-state index contributed by atoms with van der Waals surface area (Å²) in [7, 11) is -0.599. The third kappa shape index (κ3) is 2.96. The van der Waals surface area contributed by atoms with Crippen molar-refractivity contribution < 1.29 is 18.8 Å². The zero-order chi connectivity index (χ0) is 20.2. The SMILES string of the molecule is CC1(C)OB(c2cc3c(cc2-c2ncncn2)Oc2ccccc2O3)OC1(C)C. The van der Waals surface area contributed by atoms with Crippen LogP contribution in [0, 0.1) is 0 Å². The van der Waals surface area contributed by atoms with E-state index in [0.717, 1.165) is 11.0 Å². The van der Waals surface area contributed by atoms with Crippen molar-refractivity contribution in [2.45, 2.75) is 38.9 Å². The maximum Gasteiger partial charge on any atom is 0.495 e. The van der Waals surface area contributed by atoms with Gasteiger partial charge in [0.25, 0.3) is 0 Å². The summed E-state index contributed by atoms with van der Waals surface area (Å²) in [5.74, 6) is 3.00. The lowest BCUT2D eigenvalue weighted by Crippen LogP contribution is -2.41. The summed E-state index contributed by atoms with van der Waals surface area (Å²) in [6, 6.07) is 11.3. The summed E-state index contributed by atoms with van der Waals surface area (Å²) in [4.78, 5) is 12.6. The Bertz CT molecular complexity index is 1070. The number of benzene rings is 2. The molecule has 0 aliphatic carbocycles. The highest BCUT2D eigenvalue weighted by Gasteiger charge is 2.52. The summed E-state index contributed by atoms with van der Waals surface area (Å²) in [6.45, 7) is 8.07. The van der Waals surface area contributed by atoms with Crippen LogP contribution in [0.15, 0.2) is 49.1 Å². The predicted molar refractivity (Wildman–Crippen MR) is 108 cm³/mol. The summed E-state index contributed by atoms with van der Waals surface area (Å²) in [6.07, 6.45) is 2.92. The van der Waals surface area contributed by atoms with E-state index in [0.29, 0.717) is 28.8 Å². The van der Waals surface area contributed by atoms with Crippen LogP contribution >= 0.6 is 0 Å². The number of hydrogen-bond acceptors (Lipinski definition) is 7. The van der Waals surface area contributed by atoms with E-state index in [1.807, 2.05) is 64.1 Å². The maximum atomic E-state index is 6.28. The minimum atomic E-state index is -0.599. The maximum absolute atomic E-state index is 6.28. The first-order chi connectivity index (χ1) is 13.8. The molecule has 8 heteroatoms. The summed E-state index contributed by atoms with van der Waals surface area (Å²) in [5.41, 5.74) is 0.561. The molecule has 0 unspecified atom stereocenters. The quantitative estimate of drug-likeness (QED) is 0.484. The average Bonchev–Trinajstić information content (AvgIpc) is 2.93. The van der Waals surface area contributed by atoms with Gasteiger partial charge in [-0.3, -0.25) is 0 Å². The first kappa shape index (κ1) is 18.1. The lowest BCUT2D eigenvalue weighted by atomic mass is 9.75. The van der Waals surface area contributed by atoms with E-state index in [4.69, 9.17) is 18.8 Å². The van der Waals surface area contributed by atoms with E-state index in [-0.39, 0.29) is 0 Å². The molecule has 1 fully saturated rings. The molecule has 0 N–H and O–H groups in total. The number of nitrogens with zero attached hydrogens (tertiary/aromatic N) is 3. The van der Waals surface area contributed by atoms with Crippen LogP contribution in [0.25, 0.3) is 11.4 Å². The smallest absolute Gasteiger partial charge is 0.450 e. The first-order valence-electron chi connectivity index (χ1n) is 9.45. The third-order valence-corrected chi connectivity index (χ3v) is 5.65. The van der Waals surface area contributed by atoms with Crippen molar-refractivity contribution in [1.29, 1.82) is 0 Å². The molecule has 0 bridgehead atoms. The van der Waals surface area contributed by atoms with Crippen LogP contribution in [0.4, 0.5) is 0 Å². The Hall–Kier alpha value is -2.97. The number of para-hydroxylation sites is 2. The molecule has 29 heavy (non-hydrogen) atoms. The molecule has 0 amide bonds. The van der Waals surface area contributed by atoms with Gasteiger partial charge in [-0.15, -0.1) is 0 Å². The largest absolute Gasteiger partial charge is 0.495 e. The van der Waals surface area contributed by atoms with Crippen molar-refractivity contribution >= 4 is 12.6 Å². The fourth-order valence-corrected chi connectivity index (χ4v) is 3.33. The number of aromatic nitrogens is 3. The van der Waals surface area contributed by atoms with E-state index in [2.05, 4.69) is 15.0 Å². The second-order valence-corrected chi connectivity index (χ2v) is 8.09. The molecule has 0 radical (unpaired) electrons. The molecule has 146 valence electrons. The Kier molecular flexibility index (Phi) is 3.91. The zero-order valence-corrected chi connectivity index (χ0v) is 16.7. The third-order valence-electron chi connectivity index (χ3n) is 5.65. The van der Waals surface area contributed by atoms with Crippen molar-refractivity contribution in [3.63, 3.8) is 0 Å². The molecule has 5 rings (SSSR count). The average molecular weight is 389 g/mol. The predicted octanol–water partition coefficient (Wildman–Crippen LogP) is 3.74. The second-order valence-electron chi connectivity index (χ2n) is 8.09. The molecule has 0 spiro atoms. The molecule has 1 saturated heterocycles. The van der Waals surface area contributed by atoms with Crippen molar-refractivity contribution in [2.24, 2.45) is 0 Å². The fraction of sp³-hybridized carbons (Fsp3) is 0.286. The monoisotopic (exact) mass is 389 g/mol. The zero-order valence-electron chi connectivity index (χ0n) is 16.7. The van der Waals surface area contributed by atoms with Crippen LogP contribution in [-0.2, 0) is 9.31 Å². The highest BCUT2D eigenvalue weighted by atomic mass is 16.7. The second kappa shape index (κ2) is 6.27. The van der Waals surface area contributed by atoms with Gasteiger partial charge < -0.3 is 18.8 Å². The van der Waals surface area contributed by atoms with E-state index in [9.17, 15) is 0 Å².